The maximum atomic E-state index is 6.33. The van der Waals surface area contributed by atoms with Crippen LogP contribution in [0.5, 0.6) is 0 Å². The van der Waals surface area contributed by atoms with E-state index in [1.54, 1.807) is 0 Å². The summed E-state index contributed by atoms with van der Waals surface area (Å²) in [7, 11) is 0. The van der Waals surface area contributed by atoms with Crippen molar-refractivity contribution in [3.8, 4) is 0 Å². The minimum atomic E-state index is 0.623. The van der Waals surface area contributed by atoms with E-state index in [-0.39, 0.29) is 0 Å². The summed E-state index contributed by atoms with van der Waals surface area (Å²) in [6.45, 7) is 0. The number of fused-ring (bicyclic) bond motifs is 2. The van der Waals surface area contributed by atoms with Gasteiger partial charge in [-0.25, -0.2) is 4.98 Å². The molecule has 0 atom stereocenters. The van der Waals surface area contributed by atoms with Crippen LogP contribution in [-0.2, 0) is 0 Å². The molecule has 0 bridgehead atoms. The van der Waals surface area contributed by atoms with Gasteiger partial charge in [-0.1, -0.05) is 35.9 Å². The first kappa shape index (κ1) is 12.2. The smallest absolute Gasteiger partial charge is 0.146 e. The van der Waals surface area contributed by atoms with E-state index in [1.807, 2.05) is 60.7 Å². The minimum Gasteiger partial charge on any atom is -0.455 e. The van der Waals surface area contributed by atoms with Crippen LogP contribution < -0.4 is 0 Å². The molecule has 0 unspecified atom stereocenters. The normalized spacial score (nSPS) is 11.9. The number of halogens is 1. The number of imidazole rings is 1. The third-order valence-electron chi connectivity index (χ3n) is 3.36. The number of nitrogens with one attached hydrogen (secondary N) is 1. The second-order valence-corrected chi connectivity index (χ2v) is 5.13. The van der Waals surface area contributed by atoms with Gasteiger partial charge in [0.15, 0.2) is 0 Å². The average Bonchev–Trinajstić information content (AvgIpc) is 3.07. The van der Waals surface area contributed by atoms with Crippen molar-refractivity contribution in [1.82, 2.24) is 9.97 Å². The van der Waals surface area contributed by atoms with E-state index in [9.17, 15) is 0 Å². The maximum absolute atomic E-state index is 6.33. The summed E-state index contributed by atoms with van der Waals surface area (Å²) < 4.78 is 5.73. The highest BCUT2D eigenvalue weighted by Crippen LogP contribution is 2.31. The lowest BCUT2D eigenvalue weighted by Gasteiger charge is -1.86. The Morgan fingerprint density at radius 3 is 2.67 bits per heavy atom. The number of H-pyrrole nitrogens is 1. The molecule has 0 aliphatic carbocycles. The standard InChI is InChI=1S/C17H11ClN2O/c18-17-11-5-1-4-8-14(11)21-15(17)9-10-16-19-12-6-2-3-7-13(12)20-16/h1-10H,(H,19,20). The van der Waals surface area contributed by atoms with Gasteiger partial charge < -0.3 is 9.40 Å². The molecule has 0 spiro atoms. The Labute approximate surface area is 125 Å². The number of benzene rings is 2. The fourth-order valence-electron chi connectivity index (χ4n) is 2.35. The van der Waals surface area contributed by atoms with Crippen molar-refractivity contribution in [2.24, 2.45) is 0 Å². The fourth-order valence-corrected chi connectivity index (χ4v) is 2.60. The Bertz CT molecular complexity index is 932. The third kappa shape index (κ3) is 2.12. The first-order chi connectivity index (χ1) is 10.3. The molecule has 4 heteroatoms. The van der Waals surface area contributed by atoms with Crippen molar-refractivity contribution < 1.29 is 4.42 Å². The van der Waals surface area contributed by atoms with Gasteiger partial charge in [-0.05, 0) is 36.4 Å². The van der Waals surface area contributed by atoms with E-state index >= 15 is 0 Å². The summed E-state index contributed by atoms with van der Waals surface area (Å²) in [6.07, 6.45) is 3.70. The molecule has 2 aromatic carbocycles. The highest BCUT2D eigenvalue weighted by molar-refractivity contribution is 6.36. The molecule has 0 fully saturated rings. The molecule has 0 aliphatic rings. The second-order valence-electron chi connectivity index (χ2n) is 4.75. The molecule has 21 heavy (non-hydrogen) atoms. The topological polar surface area (TPSA) is 41.8 Å². The van der Waals surface area contributed by atoms with Crippen molar-refractivity contribution in [3.05, 3.63) is 65.1 Å². The molecule has 2 heterocycles. The third-order valence-corrected chi connectivity index (χ3v) is 3.75. The fraction of sp³-hybridized carbons (Fsp3) is 0. The van der Waals surface area contributed by atoms with Crippen LogP contribution in [0.1, 0.15) is 11.6 Å². The van der Waals surface area contributed by atoms with Gasteiger partial charge in [-0.2, -0.15) is 0 Å². The van der Waals surface area contributed by atoms with Gasteiger partial charge in [0.25, 0.3) is 0 Å². The Morgan fingerprint density at radius 2 is 1.81 bits per heavy atom. The zero-order valence-electron chi connectivity index (χ0n) is 11.0. The lowest BCUT2D eigenvalue weighted by molar-refractivity contribution is 0.605. The first-order valence-corrected chi connectivity index (χ1v) is 6.99. The second kappa shape index (κ2) is 4.79. The van der Waals surface area contributed by atoms with Crippen molar-refractivity contribution >= 4 is 45.8 Å². The zero-order chi connectivity index (χ0) is 14.2. The number of rotatable bonds is 2. The van der Waals surface area contributed by atoms with Crippen molar-refractivity contribution in [3.63, 3.8) is 0 Å². The van der Waals surface area contributed by atoms with Gasteiger partial charge in [0.2, 0.25) is 0 Å². The van der Waals surface area contributed by atoms with Crippen molar-refractivity contribution in [2.45, 2.75) is 0 Å². The number of nitrogens with zero attached hydrogens (tertiary/aromatic N) is 1. The summed E-state index contributed by atoms with van der Waals surface area (Å²) in [5.74, 6) is 1.41. The molecule has 3 nitrogen and oxygen atoms in total. The SMILES string of the molecule is Clc1c(C=Cc2nc3ccccc3[nH]2)oc2ccccc12. The molecular weight excluding hydrogens is 284 g/mol. The number of hydrogen-bond acceptors (Lipinski definition) is 2. The zero-order valence-corrected chi connectivity index (χ0v) is 11.8. The number of para-hydroxylation sites is 3. The monoisotopic (exact) mass is 294 g/mol. The molecule has 1 N–H and O–H groups in total. The molecule has 4 aromatic rings. The van der Waals surface area contributed by atoms with Crippen LogP contribution in [0.3, 0.4) is 0 Å². The molecule has 102 valence electrons. The molecule has 0 radical (unpaired) electrons. The minimum absolute atomic E-state index is 0.623. The Morgan fingerprint density at radius 1 is 1.00 bits per heavy atom. The van der Waals surface area contributed by atoms with Gasteiger partial charge in [0.1, 0.15) is 17.2 Å². The summed E-state index contributed by atoms with van der Waals surface area (Å²) >= 11 is 6.33. The Hall–Kier alpha value is -2.52. The first-order valence-electron chi connectivity index (χ1n) is 6.61. The predicted octanol–water partition coefficient (Wildman–Crippen LogP) is 5.13. The number of aromatic nitrogens is 2. The molecule has 0 amide bonds. The molecule has 0 saturated heterocycles. The van der Waals surface area contributed by atoms with Gasteiger partial charge in [0, 0.05) is 5.39 Å². The molecule has 2 aromatic heterocycles. The van der Waals surface area contributed by atoms with Gasteiger partial charge >= 0.3 is 0 Å². The average molecular weight is 295 g/mol. The summed E-state index contributed by atoms with van der Waals surface area (Å²) in [5, 5.41) is 1.54. The van der Waals surface area contributed by atoms with Crippen LogP contribution in [0.2, 0.25) is 5.02 Å². The van der Waals surface area contributed by atoms with Crippen LogP contribution in [-0.4, -0.2) is 9.97 Å². The predicted molar refractivity (Wildman–Crippen MR) is 86.2 cm³/mol. The van der Waals surface area contributed by atoms with Gasteiger partial charge in [-0.3, -0.25) is 0 Å². The maximum Gasteiger partial charge on any atom is 0.146 e. The van der Waals surface area contributed by atoms with Gasteiger partial charge in [-0.15, -0.1) is 0 Å². The number of hydrogen-bond donors (Lipinski definition) is 1. The van der Waals surface area contributed by atoms with E-state index in [0.717, 1.165) is 27.8 Å². The van der Waals surface area contributed by atoms with E-state index in [2.05, 4.69) is 9.97 Å². The number of aromatic amines is 1. The quantitative estimate of drug-likeness (QED) is 0.556. The molecular formula is C17H11ClN2O. The molecule has 0 saturated carbocycles. The lowest BCUT2D eigenvalue weighted by Crippen LogP contribution is -1.73. The van der Waals surface area contributed by atoms with Crippen LogP contribution in [0.25, 0.3) is 34.2 Å². The summed E-state index contributed by atoms with van der Waals surface area (Å²) in [4.78, 5) is 7.72. The van der Waals surface area contributed by atoms with E-state index in [0.29, 0.717) is 10.8 Å². The van der Waals surface area contributed by atoms with Crippen molar-refractivity contribution in [2.75, 3.05) is 0 Å². The van der Waals surface area contributed by atoms with E-state index in [4.69, 9.17) is 16.0 Å². The van der Waals surface area contributed by atoms with E-state index in [1.165, 1.54) is 0 Å². The van der Waals surface area contributed by atoms with Gasteiger partial charge in [0.05, 0.1) is 16.1 Å². The highest BCUT2D eigenvalue weighted by Gasteiger charge is 2.09. The Kier molecular flexibility index (Phi) is 2.79. The van der Waals surface area contributed by atoms with Crippen LogP contribution in [0.4, 0.5) is 0 Å². The van der Waals surface area contributed by atoms with Crippen LogP contribution in [0.15, 0.2) is 52.9 Å². The largest absolute Gasteiger partial charge is 0.455 e. The van der Waals surface area contributed by atoms with Crippen molar-refractivity contribution in [1.29, 1.82) is 0 Å². The van der Waals surface area contributed by atoms with E-state index < -0.39 is 0 Å². The highest BCUT2D eigenvalue weighted by atomic mass is 35.5. The Balaban J connectivity index is 1.74. The molecule has 0 aliphatic heterocycles. The van der Waals surface area contributed by atoms with Crippen LogP contribution >= 0.6 is 11.6 Å². The summed E-state index contributed by atoms with van der Waals surface area (Å²) in [6, 6.07) is 15.6. The van der Waals surface area contributed by atoms with Crippen LogP contribution in [0, 0.1) is 0 Å². The lowest BCUT2D eigenvalue weighted by atomic mass is 10.2. The summed E-state index contributed by atoms with van der Waals surface area (Å²) in [5.41, 5.74) is 2.73. The number of furan rings is 1. The molecule has 4 rings (SSSR count).